The first-order valence-electron chi connectivity index (χ1n) is 7.46. The van der Waals surface area contributed by atoms with Crippen molar-refractivity contribution in [2.45, 2.75) is 38.6 Å². The quantitative estimate of drug-likeness (QED) is 0.791. The van der Waals surface area contributed by atoms with Gasteiger partial charge in [-0.2, -0.15) is 0 Å². The predicted molar refractivity (Wildman–Crippen MR) is 86.9 cm³/mol. The lowest BCUT2D eigenvalue weighted by atomic mass is 10.2. The Morgan fingerprint density at radius 1 is 1.33 bits per heavy atom. The number of aryl methyl sites for hydroxylation is 1. The molecule has 0 bridgehead atoms. The second-order valence-electron chi connectivity index (χ2n) is 5.67. The lowest BCUT2D eigenvalue weighted by molar-refractivity contribution is 0.749. The van der Waals surface area contributed by atoms with E-state index in [9.17, 15) is 0 Å². The molecule has 0 saturated heterocycles. The second-order valence-corrected chi connectivity index (χ2v) is 6.59. The van der Waals surface area contributed by atoms with Crippen molar-refractivity contribution in [1.29, 1.82) is 0 Å². The van der Waals surface area contributed by atoms with Gasteiger partial charge >= 0.3 is 0 Å². The van der Waals surface area contributed by atoms with E-state index in [2.05, 4.69) is 33.1 Å². The third-order valence-electron chi connectivity index (χ3n) is 4.20. The fourth-order valence-electron chi connectivity index (χ4n) is 3.08. The van der Waals surface area contributed by atoms with Crippen LogP contribution in [0.15, 0.2) is 30.0 Å². The van der Waals surface area contributed by atoms with Gasteiger partial charge < -0.3 is 5.32 Å². The molecule has 0 unspecified atom stereocenters. The number of hydrogen-bond donors (Lipinski definition) is 1. The number of nitrogens with zero attached hydrogens (tertiary/aromatic N) is 3. The molecular weight excluding hydrogens is 280 g/mol. The minimum atomic E-state index is 0.567. The molecule has 3 heterocycles. The first kappa shape index (κ1) is 12.8. The van der Waals surface area contributed by atoms with Gasteiger partial charge in [0.15, 0.2) is 5.65 Å². The molecule has 0 radical (unpaired) electrons. The zero-order valence-electron chi connectivity index (χ0n) is 12.0. The van der Waals surface area contributed by atoms with E-state index in [1.807, 2.05) is 18.6 Å². The van der Waals surface area contributed by atoms with Crippen LogP contribution in [-0.2, 0) is 0 Å². The molecule has 1 fully saturated rings. The number of rotatable bonds is 3. The number of imidazole rings is 1. The molecule has 5 heteroatoms. The summed E-state index contributed by atoms with van der Waals surface area (Å²) in [6, 6.07) is 2.72. The summed E-state index contributed by atoms with van der Waals surface area (Å²) in [7, 11) is 0. The number of hydrogen-bond acceptors (Lipinski definition) is 4. The Labute approximate surface area is 127 Å². The highest BCUT2D eigenvalue weighted by Gasteiger charge is 2.21. The summed E-state index contributed by atoms with van der Waals surface area (Å²) in [4.78, 5) is 10.3. The molecule has 0 aliphatic heterocycles. The maximum atomic E-state index is 4.81. The van der Waals surface area contributed by atoms with Gasteiger partial charge in [-0.1, -0.05) is 12.8 Å². The topological polar surface area (TPSA) is 42.2 Å². The molecule has 1 aliphatic carbocycles. The summed E-state index contributed by atoms with van der Waals surface area (Å²) in [5, 5.41) is 5.86. The molecule has 21 heavy (non-hydrogen) atoms. The molecule has 0 aromatic carbocycles. The molecule has 0 amide bonds. The Kier molecular flexibility index (Phi) is 3.15. The summed E-state index contributed by atoms with van der Waals surface area (Å²) in [6.07, 6.45) is 10.8. The summed E-state index contributed by atoms with van der Waals surface area (Å²) < 4.78 is 2.12. The normalized spacial score (nSPS) is 15.9. The molecule has 4 rings (SSSR count). The maximum absolute atomic E-state index is 4.81. The smallest absolute Gasteiger partial charge is 0.157 e. The van der Waals surface area contributed by atoms with Gasteiger partial charge in [0.1, 0.15) is 11.5 Å². The van der Waals surface area contributed by atoms with Crippen molar-refractivity contribution in [3.05, 3.63) is 35.6 Å². The van der Waals surface area contributed by atoms with Gasteiger partial charge in [-0.3, -0.25) is 9.38 Å². The second kappa shape index (κ2) is 5.15. The molecule has 4 nitrogen and oxygen atoms in total. The standard InChI is InChI=1S/C16H18N4S/c1-11-6-9-21-15(11)14-16(18-12-4-2-3-5-12)20-8-7-17-10-13(20)19-14/h6-10,12,18H,2-5H2,1H3. The van der Waals surface area contributed by atoms with Crippen molar-refractivity contribution in [1.82, 2.24) is 14.4 Å². The van der Waals surface area contributed by atoms with E-state index >= 15 is 0 Å². The van der Waals surface area contributed by atoms with Gasteiger partial charge in [0.05, 0.1) is 11.1 Å². The van der Waals surface area contributed by atoms with Gasteiger partial charge in [-0.15, -0.1) is 11.3 Å². The van der Waals surface area contributed by atoms with Crippen LogP contribution in [0.3, 0.4) is 0 Å². The number of anilines is 1. The van der Waals surface area contributed by atoms with Crippen LogP contribution < -0.4 is 5.32 Å². The van der Waals surface area contributed by atoms with E-state index in [4.69, 9.17) is 4.98 Å². The Bertz CT molecular complexity index is 768. The van der Waals surface area contributed by atoms with Crippen molar-refractivity contribution in [3.63, 3.8) is 0 Å². The van der Waals surface area contributed by atoms with Crippen LogP contribution in [0.4, 0.5) is 5.82 Å². The van der Waals surface area contributed by atoms with Gasteiger partial charge in [0, 0.05) is 18.4 Å². The first-order valence-corrected chi connectivity index (χ1v) is 8.34. The summed E-state index contributed by atoms with van der Waals surface area (Å²) in [5.41, 5.74) is 3.24. The van der Waals surface area contributed by atoms with Gasteiger partial charge in [-0.05, 0) is 36.8 Å². The monoisotopic (exact) mass is 298 g/mol. The van der Waals surface area contributed by atoms with Crippen molar-refractivity contribution < 1.29 is 0 Å². The zero-order valence-corrected chi connectivity index (χ0v) is 12.9. The minimum absolute atomic E-state index is 0.567. The van der Waals surface area contributed by atoms with Crippen LogP contribution in [0, 0.1) is 6.92 Å². The Morgan fingerprint density at radius 2 is 2.19 bits per heavy atom. The molecule has 108 valence electrons. The fourth-order valence-corrected chi connectivity index (χ4v) is 4.00. The number of nitrogens with one attached hydrogen (secondary N) is 1. The van der Waals surface area contributed by atoms with Gasteiger partial charge in [-0.25, -0.2) is 4.98 Å². The highest BCUT2D eigenvalue weighted by Crippen LogP contribution is 2.36. The molecule has 0 spiro atoms. The highest BCUT2D eigenvalue weighted by molar-refractivity contribution is 7.13. The maximum Gasteiger partial charge on any atom is 0.157 e. The average Bonchev–Trinajstić information content (AvgIpc) is 3.20. The van der Waals surface area contributed by atoms with Gasteiger partial charge in [0.25, 0.3) is 0 Å². The lowest BCUT2D eigenvalue weighted by Gasteiger charge is -2.14. The van der Waals surface area contributed by atoms with E-state index in [-0.39, 0.29) is 0 Å². The third-order valence-corrected chi connectivity index (χ3v) is 5.23. The molecule has 1 aliphatic rings. The van der Waals surface area contributed by atoms with E-state index in [0.29, 0.717) is 6.04 Å². The van der Waals surface area contributed by atoms with Crippen molar-refractivity contribution in [2.24, 2.45) is 0 Å². The van der Waals surface area contributed by atoms with E-state index in [0.717, 1.165) is 17.2 Å². The fraction of sp³-hybridized carbons (Fsp3) is 0.375. The van der Waals surface area contributed by atoms with Crippen LogP contribution in [0.5, 0.6) is 0 Å². The molecule has 3 aromatic rings. The summed E-state index contributed by atoms with van der Waals surface area (Å²) >= 11 is 1.75. The van der Waals surface area contributed by atoms with Crippen LogP contribution in [0.2, 0.25) is 0 Å². The first-order chi connectivity index (χ1) is 10.3. The van der Waals surface area contributed by atoms with Crippen molar-refractivity contribution in [3.8, 4) is 10.6 Å². The van der Waals surface area contributed by atoms with Crippen LogP contribution in [-0.4, -0.2) is 20.4 Å². The lowest BCUT2D eigenvalue weighted by Crippen LogP contribution is -2.16. The molecule has 3 aromatic heterocycles. The predicted octanol–water partition coefficient (Wildman–Crippen LogP) is 4.12. The molecule has 1 saturated carbocycles. The van der Waals surface area contributed by atoms with Crippen LogP contribution >= 0.6 is 11.3 Å². The number of fused-ring (bicyclic) bond motifs is 1. The Hall–Kier alpha value is -1.88. The Morgan fingerprint density at radius 3 is 2.95 bits per heavy atom. The molecule has 0 atom stereocenters. The number of thiophene rings is 1. The van der Waals surface area contributed by atoms with Crippen molar-refractivity contribution in [2.75, 3.05) is 5.32 Å². The van der Waals surface area contributed by atoms with E-state index in [1.165, 1.54) is 36.1 Å². The largest absolute Gasteiger partial charge is 0.367 e. The zero-order chi connectivity index (χ0) is 14.2. The van der Waals surface area contributed by atoms with Crippen molar-refractivity contribution >= 4 is 22.8 Å². The highest BCUT2D eigenvalue weighted by atomic mass is 32.1. The van der Waals surface area contributed by atoms with E-state index in [1.54, 1.807) is 11.3 Å². The SMILES string of the molecule is Cc1ccsc1-c1nc2cnccn2c1NC1CCCC1. The Balaban J connectivity index is 1.86. The minimum Gasteiger partial charge on any atom is -0.367 e. The van der Waals surface area contributed by atoms with Crippen LogP contribution in [0.25, 0.3) is 16.2 Å². The van der Waals surface area contributed by atoms with Gasteiger partial charge in [0.2, 0.25) is 0 Å². The third kappa shape index (κ3) is 2.21. The van der Waals surface area contributed by atoms with E-state index < -0.39 is 0 Å². The summed E-state index contributed by atoms with van der Waals surface area (Å²) in [5.74, 6) is 1.12. The molecular formula is C16H18N4S. The van der Waals surface area contributed by atoms with Crippen LogP contribution in [0.1, 0.15) is 31.2 Å². The molecule has 1 N–H and O–H groups in total. The summed E-state index contributed by atoms with van der Waals surface area (Å²) in [6.45, 7) is 2.15. The number of aromatic nitrogens is 3. The average molecular weight is 298 g/mol.